The maximum Gasteiger partial charge on any atom is 0.269 e. The molecule has 1 aromatic heterocycles. The molecule has 0 radical (unpaired) electrons. The Morgan fingerprint density at radius 3 is 2.71 bits per heavy atom. The van der Waals surface area contributed by atoms with Crippen molar-refractivity contribution in [2.75, 3.05) is 18.9 Å². The first kappa shape index (κ1) is 15.0. The van der Waals surface area contributed by atoms with E-state index in [1.54, 1.807) is 12.1 Å². The minimum Gasteiger partial charge on any atom is -0.397 e. The van der Waals surface area contributed by atoms with E-state index >= 15 is 0 Å². The van der Waals surface area contributed by atoms with Crippen LogP contribution in [-0.2, 0) is 11.3 Å². The highest BCUT2D eigenvalue weighted by Crippen LogP contribution is 2.02. The SMILES string of the molecule is Nc1ccc(C(=O)NCCCOCc2ccccc2)nc1. The third-order valence-corrected chi connectivity index (χ3v) is 2.88. The van der Waals surface area contributed by atoms with Crippen molar-refractivity contribution in [3.8, 4) is 0 Å². The Morgan fingerprint density at radius 2 is 2.00 bits per heavy atom. The summed E-state index contributed by atoms with van der Waals surface area (Å²) in [5.41, 5.74) is 7.58. The first-order chi connectivity index (χ1) is 10.3. The Morgan fingerprint density at radius 1 is 1.19 bits per heavy atom. The lowest BCUT2D eigenvalue weighted by Gasteiger charge is -2.06. The maximum atomic E-state index is 11.8. The first-order valence-corrected chi connectivity index (χ1v) is 6.87. The van der Waals surface area contributed by atoms with E-state index in [1.807, 2.05) is 30.3 Å². The Balaban J connectivity index is 1.59. The van der Waals surface area contributed by atoms with Crippen LogP contribution in [0.1, 0.15) is 22.5 Å². The molecule has 1 aromatic carbocycles. The van der Waals surface area contributed by atoms with Gasteiger partial charge in [-0.15, -0.1) is 0 Å². The molecule has 0 aliphatic heterocycles. The van der Waals surface area contributed by atoms with Crippen LogP contribution in [0, 0.1) is 0 Å². The van der Waals surface area contributed by atoms with E-state index < -0.39 is 0 Å². The van der Waals surface area contributed by atoms with Crippen LogP contribution >= 0.6 is 0 Å². The molecular weight excluding hydrogens is 266 g/mol. The number of anilines is 1. The zero-order valence-electron chi connectivity index (χ0n) is 11.8. The molecule has 1 amide bonds. The van der Waals surface area contributed by atoms with E-state index in [4.69, 9.17) is 10.5 Å². The number of benzene rings is 1. The van der Waals surface area contributed by atoms with E-state index in [-0.39, 0.29) is 5.91 Å². The second-order valence-corrected chi connectivity index (χ2v) is 4.62. The van der Waals surface area contributed by atoms with Crippen LogP contribution in [0.4, 0.5) is 5.69 Å². The van der Waals surface area contributed by atoms with E-state index in [2.05, 4.69) is 10.3 Å². The minimum atomic E-state index is -0.196. The van der Waals surface area contributed by atoms with Gasteiger partial charge in [0, 0.05) is 13.2 Å². The van der Waals surface area contributed by atoms with Gasteiger partial charge in [0.15, 0.2) is 0 Å². The number of amides is 1. The summed E-state index contributed by atoms with van der Waals surface area (Å²) in [5.74, 6) is -0.196. The number of ether oxygens (including phenoxy) is 1. The Kier molecular flexibility index (Phi) is 5.72. The Hall–Kier alpha value is -2.40. The smallest absolute Gasteiger partial charge is 0.269 e. The van der Waals surface area contributed by atoms with Crippen molar-refractivity contribution in [2.45, 2.75) is 13.0 Å². The molecule has 5 heteroatoms. The van der Waals surface area contributed by atoms with E-state index in [9.17, 15) is 4.79 Å². The van der Waals surface area contributed by atoms with Crippen molar-refractivity contribution in [3.05, 3.63) is 59.9 Å². The zero-order chi connectivity index (χ0) is 14.9. The van der Waals surface area contributed by atoms with Crippen molar-refractivity contribution in [1.82, 2.24) is 10.3 Å². The topological polar surface area (TPSA) is 77.2 Å². The van der Waals surface area contributed by atoms with Crippen molar-refractivity contribution in [1.29, 1.82) is 0 Å². The lowest BCUT2D eigenvalue weighted by atomic mass is 10.2. The summed E-state index contributed by atoms with van der Waals surface area (Å²) in [6.45, 7) is 1.75. The molecule has 110 valence electrons. The number of hydrogen-bond acceptors (Lipinski definition) is 4. The summed E-state index contributed by atoms with van der Waals surface area (Å²) in [5, 5.41) is 2.79. The second kappa shape index (κ2) is 8.01. The van der Waals surface area contributed by atoms with Gasteiger partial charge in [0.05, 0.1) is 18.5 Å². The number of carbonyl (C=O) groups excluding carboxylic acids is 1. The van der Waals surface area contributed by atoms with E-state index in [0.29, 0.717) is 31.1 Å². The van der Waals surface area contributed by atoms with Gasteiger partial charge in [0.1, 0.15) is 5.69 Å². The van der Waals surface area contributed by atoms with Gasteiger partial charge in [-0.2, -0.15) is 0 Å². The Labute approximate surface area is 124 Å². The zero-order valence-corrected chi connectivity index (χ0v) is 11.8. The van der Waals surface area contributed by atoms with Gasteiger partial charge < -0.3 is 15.8 Å². The molecule has 3 N–H and O–H groups in total. The number of nitrogen functional groups attached to an aromatic ring is 1. The molecule has 0 atom stereocenters. The van der Waals surface area contributed by atoms with Crippen LogP contribution in [-0.4, -0.2) is 24.0 Å². The third-order valence-electron chi connectivity index (χ3n) is 2.88. The summed E-state index contributed by atoms with van der Waals surface area (Å²) in [7, 11) is 0. The minimum absolute atomic E-state index is 0.196. The van der Waals surface area contributed by atoms with Crippen LogP contribution < -0.4 is 11.1 Å². The summed E-state index contributed by atoms with van der Waals surface area (Å²) in [6, 6.07) is 13.3. The molecule has 0 saturated heterocycles. The fourth-order valence-corrected chi connectivity index (χ4v) is 1.77. The number of nitrogens with one attached hydrogen (secondary N) is 1. The van der Waals surface area contributed by atoms with Gasteiger partial charge in [-0.3, -0.25) is 4.79 Å². The van der Waals surface area contributed by atoms with Gasteiger partial charge in [0.25, 0.3) is 5.91 Å². The van der Waals surface area contributed by atoms with Gasteiger partial charge in [-0.05, 0) is 24.1 Å². The highest BCUT2D eigenvalue weighted by molar-refractivity contribution is 5.92. The molecule has 0 spiro atoms. The quantitative estimate of drug-likeness (QED) is 0.763. The maximum absolute atomic E-state index is 11.8. The van der Waals surface area contributed by atoms with Crippen molar-refractivity contribution in [2.24, 2.45) is 0 Å². The predicted octanol–water partition coefficient (Wildman–Crippen LogP) is 2.00. The summed E-state index contributed by atoms with van der Waals surface area (Å²) >= 11 is 0. The third kappa shape index (κ3) is 5.24. The molecular formula is C16H19N3O2. The standard InChI is InChI=1S/C16H19N3O2/c17-14-7-8-15(19-11-14)16(20)18-9-4-10-21-12-13-5-2-1-3-6-13/h1-3,5-8,11H,4,9-10,12,17H2,(H,18,20). The van der Waals surface area contributed by atoms with Gasteiger partial charge in [0.2, 0.25) is 0 Å². The number of pyridine rings is 1. The number of nitrogens with zero attached hydrogens (tertiary/aromatic N) is 1. The monoisotopic (exact) mass is 285 g/mol. The van der Waals surface area contributed by atoms with Crippen molar-refractivity contribution >= 4 is 11.6 Å². The number of carbonyl (C=O) groups is 1. The van der Waals surface area contributed by atoms with Gasteiger partial charge in [-0.25, -0.2) is 4.98 Å². The molecule has 2 aromatic rings. The highest BCUT2D eigenvalue weighted by Gasteiger charge is 2.05. The van der Waals surface area contributed by atoms with Crippen LogP contribution in [0.2, 0.25) is 0 Å². The lowest BCUT2D eigenvalue weighted by molar-refractivity contribution is 0.0930. The molecule has 5 nitrogen and oxygen atoms in total. The molecule has 0 unspecified atom stereocenters. The van der Waals surface area contributed by atoms with E-state index in [1.165, 1.54) is 6.20 Å². The van der Waals surface area contributed by atoms with Crippen LogP contribution in [0.15, 0.2) is 48.7 Å². The van der Waals surface area contributed by atoms with Crippen LogP contribution in [0.5, 0.6) is 0 Å². The number of hydrogen-bond donors (Lipinski definition) is 2. The molecule has 0 aliphatic carbocycles. The predicted molar refractivity (Wildman–Crippen MR) is 81.7 cm³/mol. The molecule has 0 aliphatic rings. The van der Waals surface area contributed by atoms with Gasteiger partial charge in [-0.1, -0.05) is 30.3 Å². The van der Waals surface area contributed by atoms with Gasteiger partial charge >= 0.3 is 0 Å². The fourth-order valence-electron chi connectivity index (χ4n) is 1.77. The van der Waals surface area contributed by atoms with Crippen molar-refractivity contribution in [3.63, 3.8) is 0 Å². The summed E-state index contributed by atoms with van der Waals surface area (Å²) in [6.07, 6.45) is 2.23. The largest absolute Gasteiger partial charge is 0.397 e. The second-order valence-electron chi connectivity index (χ2n) is 4.62. The molecule has 21 heavy (non-hydrogen) atoms. The summed E-state index contributed by atoms with van der Waals surface area (Å²) in [4.78, 5) is 15.7. The van der Waals surface area contributed by atoms with Crippen molar-refractivity contribution < 1.29 is 9.53 Å². The van der Waals surface area contributed by atoms with Crippen LogP contribution in [0.3, 0.4) is 0 Å². The average Bonchev–Trinajstić information content (AvgIpc) is 2.52. The average molecular weight is 285 g/mol. The molecule has 0 saturated carbocycles. The summed E-state index contributed by atoms with van der Waals surface area (Å²) < 4.78 is 5.54. The van der Waals surface area contributed by atoms with Crippen LogP contribution in [0.25, 0.3) is 0 Å². The number of nitrogens with two attached hydrogens (primary N) is 1. The number of aromatic nitrogens is 1. The molecule has 0 fully saturated rings. The Bertz CT molecular complexity index is 555. The lowest BCUT2D eigenvalue weighted by Crippen LogP contribution is -2.26. The van der Waals surface area contributed by atoms with E-state index in [0.717, 1.165) is 12.0 Å². The fraction of sp³-hybridized carbons (Fsp3) is 0.250. The molecule has 2 rings (SSSR count). The first-order valence-electron chi connectivity index (χ1n) is 6.87. The number of rotatable bonds is 7. The molecule has 0 bridgehead atoms. The molecule has 1 heterocycles. The normalized spacial score (nSPS) is 10.3. The highest BCUT2D eigenvalue weighted by atomic mass is 16.5.